The average Bonchev–Trinajstić information content (AvgIpc) is 3.50. The number of carboxylic acids is 1. The quantitative estimate of drug-likeness (QED) is 0.0284. The van der Waals surface area contributed by atoms with E-state index in [0.717, 1.165) is 64.6 Å². The normalized spacial score (nSPS) is 15.3. The van der Waals surface area contributed by atoms with E-state index >= 15 is 0 Å². The zero-order chi connectivity index (χ0) is 33.4. The molecule has 9 nitrogen and oxygen atoms in total. The molecule has 0 bridgehead atoms. The summed E-state index contributed by atoms with van der Waals surface area (Å²) < 4.78 is 5.29. The van der Waals surface area contributed by atoms with Crippen LogP contribution in [0, 0.1) is 0 Å². The zero-order valence-corrected chi connectivity index (χ0v) is 29.7. The van der Waals surface area contributed by atoms with Crippen LogP contribution in [-0.2, 0) is 14.3 Å². The predicted molar refractivity (Wildman–Crippen MR) is 190 cm³/mol. The molecule has 9 heteroatoms. The molecule has 0 saturated carbocycles. The van der Waals surface area contributed by atoms with Gasteiger partial charge >= 0.3 is 11.9 Å². The van der Waals surface area contributed by atoms with Crippen molar-refractivity contribution in [2.45, 2.75) is 181 Å². The first-order valence-corrected chi connectivity index (χ1v) is 18.8. The Bertz CT molecular complexity index is 718. The molecule has 0 aromatic rings. The molecule has 1 saturated heterocycles. The van der Waals surface area contributed by atoms with Crippen molar-refractivity contribution in [3.8, 4) is 0 Å². The maximum atomic E-state index is 12.0. The number of aliphatic imine (C=N–C) groups is 1. The van der Waals surface area contributed by atoms with Gasteiger partial charge in [-0.1, -0.05) is 124 Å². The second-order valence-corrected chi connectivity index (χ2v) is 12.8. The van der Waals surface area contributed by atoms with Gasteiger partial charge in [-0.2, -0.15) is 0 Å². The molecule has 6 N–H and O–H groups in total. The Kier molecular flexibility index (Phi) is 30.8. The molecule has 2 atom stereocenters. The summed E-state index contributed by atoms with van der Waals surface area (Å²) in [5.41, 5.74) is 10.6. The highest BCUT2D eigenvalue weighted by atomic mass is 16.5. The third kappa shape index (κ3) is 27.0. The number of likely N-dealkylation sites (tertiary alicyclic amines) is 1. The largest absolute Gasteiger partial charge is 0.480 e. The SMILES string of the molecule is CCCCCCCCCCCCCCCCN1CCC[C@H]1C(=O)O.CCCCCNC(CCCN=C(N)N)C(=O)OCCCC. The average molecular weight is 640 g/mol. The van der Waals surface area contributed by atoms with Gasteiger partial charge in [0.05, 0.1) is 6.61 Å². The van der Waals surface area contributed by atoms with Crippen molar-refractivity contribution in [3.05, 3.63) is 0 Å². The second kappa shape index (κ2) is 32.1. The van der Waals surface area contributed by atoms with Gasteiger partial charge in [-0.05, 0) is 64.6 Å². The number of hydrogen-bond acceptors (Lipinski definition) is 6. The standard InChI is InChI=1S/C21H41NO2.C15H32N4O2/c1-2-3-4-5-6-7-8-9-10-11-12-13-14-15-18-22-19-16-17-20(22)21(23)24;1-3-5-7-10-18-13(9-8-11-19-15(16)17)14(20)21-12-6-4-2/h20H,2-19H2,1H3,(H,23,24);13,18H,3-12H2,1-2H3,(H4,16,17,19)/t20-;/m0./s1. The smallest absolute Gasteiger partial charge is 0.323 e. The summed E-state index contributed by atoms with van der Waals surface area (Å²) in [5, 5.41) is 12.4. The van der Waals surface area contributed by atoms with E-state index in [1.165, 1.54) is 96.3 Å². The molecule has 0 aromatic heterocycles. The first kappa shape index (κ1) is 43.1. The molecule has 0 amide bonds. The zero-order valence-electron chi connectivity index (χ0n) is 29.7. The molecule has 1 aliphatic rings. The third-order valence-corrected chi connectivity index (χ3v) is 8.59. The Morgan fingerprint density at radius 1 is 0.800 bits per heavy atom. The van der Waals surface area contributed by atoms with E-state index in [4.69, 9.17) is 21.3 Å². The Morgan fingerprint density at radius 2 is 1.33 bits per heavy atom. The number of rotatable bonds is 29. The fourth-order valence-electron chi connectivity index (χ4n) is 5.76. The van der Waals surface area contributed by atoms with Gasteiger partial charge in [0.2, 0.25) is 0 Å². The maximum Gasteiger partial charge on any atom is 0.323 e. The van der Waals surface area contributed by atoms with Gasteiger partial charge in [0.1, 0.15) is 12.1 Å². The van der Waals surface area contributed by atoms with E-state index in [0.29, 0.717) is 19.6 Å². The number of carboxylic acid groups (broad SMARTS) is 1. The van der Waals surface area contributed by atoms with Gasteiger partial charge in [0.15, 0.2) is 5.96 Å². The maximum absolute atomic E-state index is 12.0. The van der Waals surface area contributed by atoms with E-state index in [9.17, 15) is 9.59 Å². The molecule has 1 rings (SSSR count). The molecule has 0 spiro atoms. The van der Waals surface area contributed by atoms with Gasteiger partial charge in [-0.15, -0.1) is 0 Å². The van der Waals surface area contributed by atoms with Crippen molar-refractivity contribution in [2.75, 3.05) is 32.8 Å². The summed E-state index contributed by atoms with van der Waals surface area (Å²) in [6, 6.07) is -0.458. The number of carbonyl (C=O) groups excluding carboxylic acids is 1. The van der Waals surface area contributed by atoms with Gasteiger partial charge in [-0.3, -0.25) is 19.5 Å². The van der Waals surface area contributed by atoms with Crippen molar-refractivity contribution >= 4 is 17.9 Å². The first-order chi connectivity index (χ1) is 21.9. The molecular weight excluding hydrogens is 566 g/mol. The van der Waals surface area contributed by atoms with Crippen LogP contribution in [0.3, 0.4) is 0 Å². The Morgan fingerprint density at radius 3 is 1.87 bits per heavy atom. The number of guanidine groups is 1. The van der Waals surface area contributed by atoms with Gasteiger partial charge in [0, 0.05) is 6.54 Å². The lowest BCUT2D eigenvalue weighted by Gasteiger charge is -2.20. The van der Waals surface area contributed by atoms with E-state index in [1.54, 1.807) is 0 Å². The van der Waals surface area contributed by atoms with Crippen LogP contribution in [0.5, 0.6) is 0 Å². The molecule has 266 valence electrons. The minimum Gasteiger partial charge on any atom is -0.480 e. The van der Waals surface area contributed by atoms with Crippen molar-refractivity contribution in [2.24, 2.45) is 16.5 Å². The van der Waals surface area contributed by atoms with Crippen LogP contribution in [0.4, 0.5) is 0 Å². The Labute approximate surface area is 277 Å². The number of esters is 1. The second-order valence-electron chi connectivity index (χ2n) is 12.8. The van der Waals surface area contributed by atoms with Crippen LogP contribution in [0.2, 0.25) is 0 Å². The van der Waals surface area contributed by atoms with Crippen LogP contribution in [0.15, 0.2) is 4.99 Å². The van der Waals surface area contributed by atoms with Crippen LogP contribution in [-0.4, -0.2) is 72.8 Å². The van der Waals surface area contributed by atoms with Crippen LogP contribution < -0.4 is 16.8 Å². The Balaban J connectivity index is 0.000000870. The minimum absolute atomic E-state index is 0.0907. The highest BCUT2D eigenvalue weighted by Crippen LogP contribution is 2.19. The first-order valence-electron chi connectivity index (χ1n) is 18.8. The van der Waals surface area contributed by atoms with Crippen LogP contribution >= 0.6 is 0 Å². The van der Waals surface area contributed by atoms with Gasteiger partial charge in [0.25, 0.3) is 0 Å². The lowest BCUT2D eigenvalue weighted by Crippen LogP contribution is -2.39. The summed E-state index contributed by atoms with van der Waals surface area (Å²) in [5.74, 6) is -0.699. The molecular formula is C36H73N5O4. The molecule has 0 aliphatic carbocycles. The van der Waals surface area contributed by atoms with Crippen molar-refractivity contribution in [1.29, 1.82) is 0 Å². The lowest BCUT2D eigenvalue weighted by molar-refractivity contribution is -0.146. The molecule has 1 fully saturated rings. The fraction of sp³-hybridized carbons (Fsp3) is 0.917. The monoisotopic (exact) mass is 640 g/mol. The summed E-state index contributed by atoms with van der Waals surface area (Å²) in [7, 11) is 0. The van der Waals surface area contributed by atoms with Crippen LogP contribution in [0.1, 0.15) is 168 Å². The summed E-state index contributed by atoms with van der Waals surface area (Å²) >= 11 is 0. The molecule has 1 unspecified atom stereocenters. The van der Waals surface area contributed by atoms with Crippen molar-refractivity contribution in [3.63, 3.8) is 0 Å². The minimum atomic E-state index is -0.627. The number of aliphatic carboxylic acids is 1. The van der Waals surface area contributed by atoms with Crippen molar-refractivity contribution in [1.82, 2.24) is 10.2 Å². The topological polar surface area (TPSA) is 143 Å². The number of carbonyl (C=O) groups is 2. The van der Waals surface area contributed by atoms with E-state index in [1.807, 2.05) is 0 Å². The number of unbranched alkanes of at least 4 members (excludes halogenated alkanes) is 16. The number of ether oxygens (including phenoxy) is 1. The van der Waals surface area contributed by atoms with Gasteiger partial charge < -0.3 is 26.6 Å². The molecule has 0 aromatic carbocycles. The molecule has 0 radical (unpaired) electrons. The van der Waals surface area contributed by atoms with Crippen molar-refractivity contribution < 1.29 is 19.4 Å². The number of hydrogen-bond donors (Lipinski definition) is 4. The highest BCUT2D eigenvalue weighted by Gasteiger charge is 2.29. The molecule has 1 aliphatic heterocycles. The highest BCUT2D eigenvalue weighted by molar-refractivity contribution is 5.76. The Hall–Kier alpha value is -1.87. The summed E-state index contributed by atoms with van der Waals surface area (Å²) in [6.07, 6.45) is 27.9. The number of nitrogens with two attached hydrogens (primary N) is 2. The fourth-order valence-corrected chi connectivity index (χ4v) is 5.76. The molecule has 1 heterocycles. The summed E-state index contributed by atoms with van der Waals surface area (Å²) in [4.78, 5) is 29.3. The number of nitrogens with one attached hydrogen (secondary N) is 1. The van der Waals surface area contributed by atoms with Gasteiger partial charge in [-0.25, -0.2) is 0 Å². The molecule has 45 heavy (non-hydrogen) atoms. The lowest BCUT2D eigenvalue weighted by atomic mass is 10.0. The number of nitrogens with zero attached hydrogens (tertiary/aromatic N) is 2. The van der Waals surface area contributed by atoms with E-state index < -0.39 is 5.97 Å². The predicted octanol–water partition coefficient (Wildman–Crippen LogP) is 7.55. The third-order valence-electron chi connectivity index (χ3n) is 8.59. The van der Waals surface area contributed by atoms with E-state index in [2.05, 4.69) is 36.0 Å². The van der Waals surface area contributed by atoms with Crippen LogP contribution in [0.25, 0.3) is 0 Å². The van der Waals surface area contributed by atoms with E-state index in [-0.39, 0.29) is 24.0 Å². The summed E-state index contributed by atoms with van der Waals surface area (Å²) in [6.45, 7) is 10.3.